The third-order valence-electron chi connectivity index (χ3n) is 0.894. The van der Waals surface area contributed by atoms with Crippen LogP contribution in [0.3, 0.4) is 0 Å². The SMILES string of the molecule is C=C(/C=C\SC)CC.CC. The van der Waals surface area contributed by atoms with E-state index in [-0.39, 0.29) is 0 Å². The maximum Gasteiger partial charge on any atom is -0.0142 e. The second kappa shape index (κ2) is 11.6. The lowest BCUT2D eigenvalue weighted by molar-refractivity contribution is 1.16. The van der Waals surface area contributed by atoms with E-state index in [0.717, 1.165) is 6.42 Å². The van der Waals surface area contributed by atoms with Gasteiger partial charge in [0.05, 0.1) is 0 Å². The summed E-state index contributed by atoms with van der Waals surface area (Å²) in [5.74, 6) is 0. The van der Waals surface area contributed by atoms with Gasteiger partial charge in [-0.2, -0.15) is 0 Å². The zero-order valence-electron chi connectivity index (χ0n) is 7.48. The molecule has 0 atom stereocenters. The van der Waals surface area contributed by atoms with Crippen molar-refractivity contribution < 1.29 is 0 Å². The van der Waals surface area contributed by atoms with E-state index < -0.39 is 0 Å². The van der Waals surface area contributed by atoms with E-state index in [0.29, 0.717) is 0 Å². The zero-order valence-corrected chi connectivity index (χ0v) is 8.29. The standard InChI is InChI=1S/C7H12S.C2H6/c1-4-7(2)5-6-8-3;1-2/h5-6H,2,4H2,1,3H3;1-2H3/b6-5-;. The zero-order chi connectivity index (χ0) is 8.41. The first-order chi connectivity index (χ1) is 4.81. The van der Waals surface area contributed by atoms with Crippen LogP contribution < -0.4 is 0 Å². The van der Waals surface area contributed by atoms with Crippen LogP contribution in [0.25, 0.3) is 0 Å². The number of thioether (sulfide) groups is 1. The van der Waals surface area contributed by atoms with Crippen LogP contribution in [0.2, 0.25) is 0 Å². The van der Waals surface area contributed by atoms with Gasteiger partial charge in [0.1, 0.15) is 0 Å². The van der Waals surface area contributed by atoms with E-state index in [1.807, 2.05) is 31.6 Å². The molecule has 0 fully saturated rings. The predicted octanol–water partition coefficient (Wildman–Crippen LogP) is 3.86. The molecule has 0 aliphatic heterocycles. The lowest BCUT2D eigenvalue weighted by atomic mass is 10.2. The van der Waals surface area contributed by atoms with Crippen LogP contribution in [0, 0.1) is 0 Å². The van der Waals surface area contributed by atoms with Gasteiger partial charge < -0.3 is 0 Å². The van der Waals surface area contributed by atoms with Crippen molar-refractivity contribution in [3.8, 4) is 0 Å². The van der Waals surface area contributed by atoms with Gasteiger partial charge in [0.25, 0.3) is 0 Å². The molecule has 0 N–H and O–H groups in total. The highest BCUT2D eigenvalue weighted by molar-refractivity contribution is 8.01. The Labute approximate surface area is 69.4 Å². The molecule has 60 valence electrons. The Kier molecular flexibility index (Phi) is 14.5. The molecular weight excluding hydrogens is 140 g/mol. The Bertz CT molecular complexity index is 92.9. The molecule has 10 heavy (non-hydrogen) atoms. The third-order valence-corrected chi connectivity index (χ3v) is 1.30. The summed E-state index contributed by atoms with van der Waals surface area (Å²) < 4.78 is 0. The average Bonchev–Trinajstić information content (AvgIpc) is 2.04. The van der Waals surface area contributed by atoms with Gasteiger partial charge in [0.2, 0.25) is 0 Å². The van der Waals surface area contributed by atoms with E-state index in [9.17, 15) is 0 Å². The highest BCUT2D eigenvalue weighted by atomic mass is 32.2. The van der Waals surface area contributed by atoms with Crippen LogP contribution in [-0.4, -0.2) is 6.26 Å². The van der Waals surface area contributed by atoms with Gasteiger partial charge in [-0.25, -0.2) is 0 Å². The first-order valence-electron chi connectivity index (χ1n) is 3.68. The van der Waals surface area contributed by atoms with Gasteiger partial charge in [0, 0.05) is 0 Å². The van der Waals surface area contributed by atoms with Crippen molar-refractivity contribution in [3.05, 3.63) is 23.6 Å². The Hall–Kier alpha value is -0.170. The maximum atomic E-state index is 3.81. The molecule has 0 unspecified atom stereocenters. The van der Waals surface area contributed by atoms with Gasteiger partial charge in [-0.05, 0) is 18.1 Å². The molecule has 0 bridgehead atoms. The predicted molar refractivity (Wildman–Crippen MR) is 53.4 cm³/mol. The molecule has 0 aromatic carbocycles. The highest BCUT2D eigenvalue weighted by Gasteiger charge is 1.77. The Morgan fingerprint density at radius 3 is 2.30 bits per heavy atom. The molecule has 0 amide bonds. The van der Waals surface area contributed by atoms with Crippen LogP contribution in [-0.2, 0) is 0 Å². The Morgan fingerprint density at radius 1 is 1.50 bits per heavy atom. The molecule has 0 aliphatic rings. The molecule has 0 aromatic heterocycles. The number of hydrogen-bond acceptors (Lipinski definition) is 1. The summed E-state index contributed by atoms with van der Waals surface area (Å²) in [5.41, 5.74) is 1.19. The molecule has 0 saturated carbocycles. The Balaban J connectivity index is 0. The van der Waals surface area contributed by atoms with Gasteiger partial charge in [-0.3, -0.25) is 0 Å². The topological polar surface area (TPSA) is 0 Å². The molecule has 0 aliphatic carbocycles. The minimum atomic E-state index is 1.05. The van der Waals surface area contributed by atoms with E-state index in [1.165, 1.54) is 5.57 Å². The van der Waals surface area contributed by atoms with Gasteiger partial charge in [-0.1, -0.05) is 39.0 Å². The minimum absolute atomic E-state index is 1.05. The second-order valence-electron chi connectivity index (χ2n) is 1.55. The van der Waals surface area contributed by atoms with E-state index >= 15 is 0 Å². The fourth-order valence-electron chi connectivity index (χ4n) is 0.282. The Morgan fingerprint density at radius 2 is 2.00 bits per heavy atom. The quantitative estimate of drug-likeness (QED) is 0.562. The van der Waals surface area contributed by atoms with Crippen molar-refractivity contribution >= 4 is 11.8 Å². The summed E-state index contributed by atoms with van der Waals surface area (Å²) in [4.78, 5) is 0. The van der Waals surface area contributed by atoms with E-state index in [4.69, 9.17) is 0 Å². The number of rotatable bonds is 3. The van der Waals surface area contributed by atoms with Crippen molar-refractivity contribution in [1.82, 2.24) is 0 Å². The molecule has 0 rings (SSSR count). The highest BCUT2D eigenvalue weighted by Crippen LogP contribution is 2.02. The normalized spacial score (nSPS) is 8.80. The molecule has 0 spiro atoms. The van der Waals surface area contributed by atoms with E-state index in [1.54, 1.807) is 11.8 Å². The van der Waals surface area contributed by atoms with Crippen LogP contribution in [0.4, 0.5) is 0 Å². The van der Waals surface area contributed by atoms with Crippen molar-refractivity contribution in [2.45, 2.75) is 27.2 Å². The summed E-state index contributed by atoms with van der Waals surface area (Å²) in [5, 5.41) is 2.05. The van der Waals surface area contributed by atoms with Crippen molar-refractivity contribution in [3.63, 3.8) is 0 Å². The summed E-state index contributed by atoms with van der Waals surface area (Å²) >= 11 is 1.70. The van der Waals surface area contributed by atoms with Crippen LogP contribution >= 0.6 is 11.8 Å². The molecule has 0 radical (unpaired) electrons. The number of allylic oxidation sites excluding steroid dienone is 2. The van der Waals surface area contributed by atoms with Gasteiger partial charge >= 0.3 is 0 Å². The molecular formula is C9H18S. The lowest BCUT2D eigenvalue weighted by Gasteiger charge is -1.87. The summed E-state index contributed by atoms with van der Waals surface area (Å²) in [7, 11) is 0. The lowest BCUT2D eigenvalue weighted by Crippen LogP contribution is -1.65. The first-order valence-corrected chi connectivity index (χ1v) is 4.97. The minimum Gasteiger partial charge on any atom is -0.138 e. The summed E-state index contributed by atoms with van der Waals surface area (Å²) in [6.45, 7) is 9.91. The van der Waals surface area contributed by atoms with Crippen LogP contribution in [0.15, 0.2) is 23.6 Å². The molecule has 0 heterocycles. The van der Waals surface area contributed by atoms with E-state index in [2.05, 4.69) is 13.5 Å². The van der Waals surface area contributed by atoms with Crippen LogP contribution in [0.5, 0.6) is 0 Å². The van der Waals surface area contributed by atoms with Crippen molar-refractivity contribution in [2.75, 3.05) is 6.26 Å². The molecule has 0 aromatic rings. The fraction of sp³-hybridized carbons (Fsp3) is 0.556. The van der Waals surface area contributed by atoms with Gasteiger partial charge in [0.15, 0.2) is 0 Å². The maximum absolute atomic E-state index is 3.81. The van der Waals surface area contributed by atoms with Crippen LogP contribution in [0.1, 0.15) is 27.2 Å². The second-order valence-corrected chi connectivity index (χ2v) is 2.29. The largest absolute Gasteiger partial charge is 0.138 e. The molecule has 0 nitrogen and oxygen atoms in total. The van der Waals surface area contributed by atoms with Gasteiger partial charge in [-0.15, -0.1) is 11.8 Å². The summed E-state index contributed by atoms with van der Waals surface area (Å²) in [6, 6.07) is 0. The summed E-state index contributed by atoms with van der Waals surface area (Å²) in [6.07, 6.45) is 5.14. The molecule has 1 heteroatoms. The monoisotopic (exact) mass is 158 g/mol. The smallest absolute Gasteiger partial charge is 0.0142 e. The van der Waals surface area contributed by atoms with Crippen molar-refractivity contribution in [1.29, 1.82) is 0 Å². The van der Waals surface area contributed by atoms with Crippen molar-refractivity contribution in [2.24, 2.45) is 0 Å². The third kappa shape index (κ3) is 10.7. The average molecular weight is 158 g/mol. The molecule has 0 saturated heterocycles. The fourth-order valence-corrected chi connectivity index (χ4v) is 0.611. The number of hydrogen-bond donors (Lipinski definition) is 0. The first kappa shape index (κ1) is 12.5.